The quantitative estimate of drug-likeness (QED) is 0.395. The number of hydrogen-bond acceptors (Lipinski definition) is 6. The molecule has 0 radical (unpaired) electrons. The van der Waals surface area contributed by atoms with Gasteiger partial charge in [-0.1, -0.05) is 31.9 Å². The Bertz CT molecular complexity index is 1110. The number of nitrogens with zero attached hydrogens (tertiary/aromatic N) is 4. The topological polar surface area (TPSA) is 86.5 Å². The second kappa shape index (κ2) is 11.0. The molecule has 34 heavy (non-hydrogen) atoms. The molecule has 4 rings (SSSR count). The van der Waals surface area contributed by atoms with E-state index in [1.165, 1.54) is 18.4 Å². The number of amides is 1. The first-order chi connectivity index (χ1) is 16.6. The Hall–Kier alpha value is -3.60. The van der Waals surface area contributed by atoms with E-state index in [9.17, 15) is 14.4 Å². The molecule has 0 N–H and O–H groups in total. The summed E-state index contributed by atoms with van der Waals surface area (Å²) in [4.78, 5) is 21.6. The molecule has 0 saturated carbocycles. The van der Waals surface area contributed by atoms with E-state index in [4.69, 9.17) is 8.83 Å². The molecule has 8 heteroatoms. The van der Waals surface area contributed by atoms with Crippen molar-refractivity contribution in [2.45, 2.75) is 45.6 Å². The molecular formula is C26H29FN4O3. The summed E-state index contributed by atoms with van der Waals surface area (Å²) in [6.07, 6.45) is 5.94. The van der Waals surface area contributed by atoms with Crippen LogP contribution in [0.2, 0.25) is 0 Å². The highest BCUT2D eigenvalue weighted by Gasteiger charge is 2.31. The lowest BCUT2D eigenvalue weighted by Crippen LogP contribution is -2.42. The molecule has 1 aliphatic rings. The fourth-order valence-electron chi connectivity index (χ4n) is 4.32. The van der Waals surface area contributed by atoms with Crippen LogP contribution in [0.5, 0.6) is 0 Å². The second-order valence-electron chi connectivity index (χ2n) is 8.62. The van der Waals surface area contributed by atoms with Gasteiger partial charge in [0.25, 0.3) is 5.89 Å². The van der Waals surface area contributed by atoms with Gasteiger partial charge in [0.2, 0.25) is 17.5 Å². The number of hydrogen-bond donors (Lipinski definition) is 0. The zero-order valence-corrected chi connectivity index (χ0v) is 19.4. The average Bonchev–Trinajstić information content (AvgIpc) is 3.54. The maximum atomic E-state index is 13.4. The van der Waals surface area contributed by atoms with Crippen molar-refractivity contribution >= 4 is 11.8 Å². The van der Waals surface area contributed by atoms with Crippen LogP contribution in [0.3, 0.4) is 0 Å². The summed E-state index contributed by atoms with van der Waals surface area (Å²) in [6, 6.07) is 11.9. The van der Waals surface area contributed by atoms with Gasteiger partial charge in [0.1, 0.15) is 11.9 Å². The van der Waals surface area contributed by atoms with Crippen molar-refractivity contribution in [3.8, 4) is 17.7 Å². The van der Waals surface area contributed by atoms with Crippen molar-refractivity contribution in [2.75, 3.05) is 24.5 Å². The first-order valence-electron chi connectivity index (χ1n) is 11.8. The van der Waals surface area contributed by atoms with Crippen LogP contribution in [0, 0.1) is 23.1 Å². The SMILES string of the molecule is CCCCCN(Cc1ccc(F)cc1)C(=O)C1CCN(c2oc(-c3ccco3)nc2C#N)CC1. The summed E-state index contributed by atoms with van der Waals surface area (Å²) in [5.41, 5.74) is 1.14. The Labute approximate surface area is 198 Å². The van der Waals surface area contributed by atoms with Crippen LogP contribution in [-0.4, -0.2) is 35.4 Å². The number of nitriles is 1. The zero-order chi connectivity index (χ0) is 23.9. The maximum Gasteiger partial charge on any atom is 0.266 e. The largest absolute Gasteiger partial charge is 0.459 e. The normalized spacial score (nSPS) is 14.2. The molecule has 178 valence electrons. The number of halogens is 1. The van der Waals surface area contributed by atoms with E-state index in [-0.39, 0.29) is 29.2 Å². The summed E-state index contributed by atoms with van der Waals surface area (Å²) in [7, 11) is 0. The molecule has 0 aliphatic carbocycles. The van der Waals surface area contributed by atoms with Gasteiger partial charge in [-0.25, -0.2) is 4.39 Å². The van der Waals surface area contributed by atoms with Gasteiger partial charge in [-0.3, -0.25) is 4.79 Å². The number of unbranched alkanes of at least 4 members (excludes halogenated alkanes) is 2. The minimum Gasteiger partial charge on any atom is -0.459 e. The Morgan fingerprint density at radius 3 is 2.65 bits per heavy atom. The summed E-state index contributed by atoms with van der Waals surface area (Å²) < 4.78 is 24.5. The van der Waals surface area contributed by atoms with Gasteiger partial charge in [0, 0.05) is 32.1 Å². The molecule has 1 amide bonds. The molecular weight excluding hydrogens is 435 g/mol. The van der Waals surface area contributed by atoms with Crippen LogP contribution in [0.4, 0.5) is 10.3 Å². The number of oxazole rings is 1. The van der Waals surface area contributed by atoms with E-state index >= 15 is 0 Å². The minimum absolute atomic E-state index is 0.101. The highest BCUT2D eigenvalue weighted by molar-refractivity contribution is 5.79. The zero-order valence-electron chi connectivity index (χ0n) is 19.4. The lowest BCUT2D eigenvalue weighted by Gasteiger charge is -2.34. The molecule has 3 aromatic rings. The number of carbonyl (C=O) groups is 1. The Morgan fingerprint density at radius 1 is 1.24 bits per heavy atom. The molecule has 1 saturated heterocycles. The standard InChI is InChI=1S/C26H29FN4O3/c1-2-3-4-13-31(18-19-7-9-21(27)10-8-19)25(32)20-11-14-30(15-12-20)26-22(17-28)29-24(34-26)23-6-5-16-33-23/h5-10,16,20H,2-4,11-15,18H2,1H3. The van der Waals surface area contributed by atoms with Crippen molar-refractivity contribution in [3.63, 3.8) is 0 Å². The number of rotatable bonds is 9. The van der Waals surface area contributed by atoms with E-state index in [1.807, 2.05) is 9.80 Å². The van der Waals surface area contributed by atoms with Crippen molar-refractivity contribution < 1.29 is 18.0 Å². The van der Waals surface area contributed by atoms with E-state index in [0.29, 0.717) is 50.7 Å². The predicted molar refractivity (Wildman–Crippen MR) is 125 cm³/mol. The predicted octanol–water partition coefficient (Wildman–Crippen LogP) is 5.38. The second-order valence-corrected chi connectivity index (χ2v) is 8.62. The van der Waals surface area contributed by atoms with Crippen LogP contribution in [-0.2, 0) is 11.3 Å². The van der Waals surface area contributed by atoms with Crippen molar-refractivity contribution in [2.24, 2.45) is 5.92 Å². The lowest BCUT2D eigenvalue weighted by atomic mass is 9.94. The third-order valence-electron chi connectivity index (χ3n) is 6.21. The molecule has 0 unspecified atom stereocenters. The van der Waals surface area contributed by atoms with Gasteiger partial charge >= 0.3 is 0 Å². The lowest BCUT2D eigenvalue weighted by molar-refractivity contribution is -0.137. The summed E-state index contributed by atoms with van der Waals surface area (Å²) in [5.74, 6) is 0.920. The number of carbonyl (C=O) groups excluding carboxylic acids is 1. The number of benzene rings is 1. The van der Waals surface area contributed by atoms with Crippen LogP contribution in [0.25, 0.3) is 11.7 Å². The number of anilines is 1. The smallest absolute Gasteiger partial charge is 0.266 e. The maximum absolute atomic E-state index is 13.4. The Morgan fingerprint density at radius 2 is 2.00 bits per heavy atom. The highest BCUT2D eigenvalue weighted by Crippen LogP contribution is 2.32. The van der Waals surface area contributed by atoms with Gasteiger partial charge < -0.3 is 18.6 Å². The summed E-state index contributed by atoms with van der Waals surface area (Å²) in [6.45, 7) is 4.50. The average molecular weight is 465 g/mol. The number of piperidine rings is 1. The first kappa shape index (κ1) is 23.6. The summed E-state index contributed by atoms with van der Waals surface area (Å²) >= 11 is 0. The molecule has 1 aliphatic heterocycles. The molecule has 2 aromatic heterocycles. The van der Waals surface area contributed by atoms with Gasteiger partial charge in [0.05, 0.1) is 6.26 Å². The molecule has 1 aromatic carbocycles. The van der Waals surface area contributed by atoms with E-state index in [1.54, 1.807) is 24.3 Å². The molecule has 3 heterocycles. The Kier molecular flexibility index (Phi) is 7.63. The van der Waals surface area contributed by atoms with Crippen LogP contribution < -0.4 is 4.90 Å². The van der Waals surface area contributed by atoms with Crippen molar-refractivity contribution in [1.82, 2.24) is 9.88 Å². The van der Waals surface area contributed by atoms with Gasteiger partial charge in [0.15, 0.2) is 5.76 Å². The monoisotopic (exact) mass is 464 g/mol. The fraction of sp³-hybridized carbons (Fsp3) is 0.423. The molecule has 0 bridgehead atoms. The van der Waals surface area contributed by atoms with Crippen molar-refractivity contribution in [3.05, 3.63) is 59.7 Å². The molecule has 7 nitrogen and oxygen atoms in total. The van der Waals surface area contributed by atoms with Crippen molar-refractivity contribution in [1.29, 1.82) is 5.26 Å². The highest BCUT2D eigenvalue weighted by atomic mass is 19.1. The van der Waals surface area contributed by atoms with Gasteiger partial charge in [-0.05, 0) is 49.1 Å². The minimum atomic E-state index is -0.278. The van der Waals surface area contributed by atoms with E-state index < -0.39 is 0 Å². The Balaban J connectivity index is 1.41. The molecule has 0 atom stereocenters. The fourth-order valence-corrected chi connectivity index (χ4v) is 4.32. The van der Waals surface area contributed by atoms with Gasteiger partial charge in [-0.15, -0.1) is 0 Å². The number of furan rings is 1. The van der Waals surface area contributed by atoms with Crippen LogP contribution in [0.15, 0.2) is 51.5 Å². The van der Waals surface area contributed by atoms with E-state index in [2.05, 4.69) is 18.0 Å². The third-order valence-corrected chi connectivity index (χ3v) is 6.21. The van der Waals surface area contributed by atoms with Crippen LogP contribution in [0.1, 0.15) is 50.3 Å². The first-order valence-corrected chi connectivity index (χ1v) is 11.8. The number of aromatic nitrogens is 1. The third kappa shape index (κ3) is 5.48. The van der Waals surface area contributed by atoms with E-state index in [0.717, 1.165) is 24.8 Å². The van der Waals surface area contributed by atoms with Crippen LogP contribution >= 0.6 is 0 Å². The van der Waals surface area contributed by atoms with Gasteiger partial charge in [-0.2, -0.15) is 10.2 Å². The molecule has 0 spiro atoms. The summed E-state index contributed by atoms with van der Waals surface area (Å²) in [5, 5.41) is 9.52. The molecule has 1 fully saturated rings.